The van der Waals surface area contributed by atoms with Crippen LogP contribution in [-0.4, -0.2) is 72.3 Å². The van der Waals surface area contributed by atoms with E-state index in [1.807, 2.05) is 0 Å². The fraction of sp³-hybridized carbons (Fsp3) is 0.700. The molecule has 4 atom stereocenters. The Morgan fingerprint density at radius 1 is 1.17 bits per heavy atom. The molecule has 9 nitrogen and oxygen atoms in total. The average molecular weight is 411 g/mol. The minimum Gasteiger partial charge on any atom is -0.463 e. The van der Waals surface area contributed by atoms with Gasteiger partial charge in [-0.15, -0.1) is 0 Å². The molecule has 0 bridgehead atoms. The van der Waals surface area contributed by atoms with Gasteiger partial charge in [-0.2, -0.15) is 0 Å². The molecule has 0 N–H and O–H groups in total. The van der Waals surface area contributed by atoms with Crippen LogP contribution in [0.25, 0.3) is 0 Å². The van der Waals surface area contributed by atoms with E-state index in [4.69, 9.17) is 18.9 Å². The van der Waals surface area contributed by atoms with Gasteiger partial charge in [-0.25, -0.2) is 4.79 Å². The quantitative estimate of drug-likeness (QED) is 0.390. The first-order valence-electron chi connectivity index (χ1n) is 9.61. The van der Waals surface area contributed by atoms with Gasteiger partial charge in [0.05, 0.1) is 12.0 Å². The van der Waals surface area contributed by atoms with Crippen LogP contribution in [0.3, 0.4) is 0 Å². The first-order chi connectivity index (χ1) is 13.5. The normalized spacial score (nSPS) is 27.3. The number of ketones is 1. The molecule has 0 aromatic rings. The molecular formula is C20H29NO8. The molecule has 0 saturated carbocycles. The molecular weight excluding hydrogens is 382 g/mol. The van der Waals surface area contributed by atoms with Crippen molar-refractivity contribution >= 4 is 23.8 Å². The van der Waals surface area contributed by atoms with Crippen molar-refractivity contribution in [3.63, 3.8) is 0 Å². The highest BCUT2D eigenvalue weighted by molar-refractivity contribution is 5.84. The predicted octanol–water partition coefficient (Wildman–Crippen LogP) is 1.63. The fourth-order valence-corrected chi connectivity index (χ4v) is 3.18. The van der Waals surface area contributed by atoms with E-state index < -0.39 is 47.9 Å². The number of likely N-dealkylation sites (tertiary alicyclic amines) is 1. The molecule has 0 radical (unpaired) electrons. The summed E-state index contributed by atoms with van der Waals surface area (Å²) in [5.41, 5.74) is -0.637. The van der Waals surface area contributed by atoms with E-state index >= 15 is 0 Å². The Bertz CT molecular complexity index is 680. The second kappa shape index (κ2) is 9.39. The Kier molecular flexibility index (Phi) is 7.40. The number of carbonyl (C=O) groups excluding carboxylic acids is 4. The number of esters is 2. The summed E-state index contributed by atoms with van der Waals surface area (Å²) in [5.74, 6) is -1.62. The number of rotatable bonds is 4. The molecule has 1 amide bonds. The van der Waals surface area contributed by atoms with Crippen molar-refractivity contribution in [2.75, 3.05) is 19.7 Å². The number of ether oxygens (including phenoxy) is 4. The van der Waals surface area contributed by atoms with Crippen LogP contribution in [0.4, 0.5) is 4.79 Å². The maximum atomic E-state index is 12.5. The van der Waals surface area contributed by atoms with Crippen molar-refractivity contribution in [2.45, 2.75) is 65.0 Å². The second-order valence-corrected chi connectivity index (χ2v) is 8.15. The number of carbonyl (C=O) groups is 4. The Morgan fingerprint density at radius 3 is 2.45 bits per heavy atom. The van der Waals surface area contributed by atoms with Gasteiger partial charge in [-0.1, -0.05) is 6.08 Å². The molecule has 29 heavy (non-hydrogen) atoms. The van der Waals surface area contributed by atoms with Crippen LogP contribution in [0.2, 0.25) is 0 Å². The molecule has 162 valence electrons. The largest absolute Gasteiger partial charge is 0.463 e. The lowest BCUT2D eigenvalue weighted by Crippen LogP contribution is -2.52. The van der Waals surface area contributed by atoms with Crippen molar-refractivity contribution in [1.82, 2.24) is 4.90 Å². The molecule has 0 aliphatic carbocycles. The lowest BCUT2D eigenvalue weighted by atomic mass is 9.89. The van der Waals surface area contributed by atoms with Crippen LogP contribution >= 0.6 is 0 Å². The maximum Gasteiger partial charge on any atom is 0.410 e. The number of hydrogen-bond donors (Lipinski definition) is 0. The SMILES string of the molecule is CC(=O)OC[C@H]1O[C@H](C2CN(C(=O)OC(C)(C)C)CCC2=O)C=C[C@@H]1OC(C)=O. The van der Waals surface area contributed by atoms with Crippen molar-refractivity contribution < 1.29 is 38.1 Å². The Hall–Kier alpha value is -2.42. The number of Topliss-reactive ketones (excluding diaryl/α,β-unsaturated/α-hetero) is 1. The van der Waals surface area contributed by atoms with Crippen molar-refractivity contribution in [3.05, 3.63) is 12.2 Å². The molecule has 2 aliphatic rings. The molecule has 9 heteroatoms. The summed E-state index contributed by atoms with van der Waals surface area (Å²) in [4.78, 5) is 48.9. The molecule has 1 saturated heterocycles. The molecule has 1 fully saturated rings. The molecule has 1 unspecified atom stereocenters. The number of hydrogen-bond acceptors (Lipinski definition) is 8. The Morgan fingerprint density at radius 2 is 1.86 bits per heavy atom. The highest BCUT2D eigenvalue weighted by atomic mass is 16.6. The van der Waals surface area contributed by atoms with Crippen LogP contribution in [0.5, 0.6) is 0 Å². The van der Waals surface area contributed by atoms with E-state index in [-0.39, 0.29) is 31.9 Å². The minimum absolute atomic E-state index is 0.0309. The summed E-state index contributed by atoms with van der Waals surface area (Å²) < 4.78 is 21.6. The summed E-state index contributed by atoms with van der Waals surface area (Å²) in [6.45, 7) is 8.18. The maximum absolute atomic E-state index is 12.5. The monoisotopic (exact) mass is 411 g/mol. The predicted molar refractivity (Wildman–Crippen MR) is 101 cm³/mol. The van der Waals surface area contributed by atoms with Crippen LogP contribution in [-0.2, 0) is 33.3 Å². The number of nitrogens with zero attached hydrogens (tertiary/aromatic N) is 1. The molecule has 0 aromatic heterocycles. The zero-order valence-corrected chi connectivity index (χ0v) is 17.5. The van der Waals surface area contributed by atoms with Crippen LogP contribution in [0, 0.1) is 5.92 Å². The Labute approximate surface area is 170 Å². The van der Waals surface area contributed by atoms with E-state index in [0.29, 0.717) is 0 Å². The van der Waals surface area contributed by atoms with Gasteiger partial charge in [0, 0.05) is 33.4 Å². The van der Waals surface area contributed by atoms with Gasteiger partial charge in [0.15, 0.2) is 0 Å². The second-order valence-electron chi connectivity index (χ2n) is 8.15. The standard InChI is InChI=1S/C20H29NO8/c1-12(22)26-11-18-17(27-13(2)23)7-6-16(28-18)14-10-21(9-8-15(14)24)19(25)29-20(3,4)5/h6-7,14,16-18H,8-11H2,1-5H3/t14?,16-,17-,18+/m0/s1. The zero-order chi connectivity index (χ0) is 21.8. The van der Waals surface area contributed by atoms with E-state index in [1.165, 1.54) is 18.7 Å². The highest BCUT2D eigenvalue weighted by Crippen LogP contribution is 2.27. The van der Waals surface area contributed by atoms with Crippen LogP contribution < -0.4 is 0 Å². The van der Waals surface area contributed by atoms with Gasteiger partial charge < -0.3 is 23.8 Å². The summed E-state index contributed by atoms with van der Waals surface area (Å²) >= 11 is 0. The average Bonchev–Trinajstić information content (AvgIpc) is 2.59. The van der Waals surface area contributed by atoms with Gasteiger partial charge in [-0.3, -0.25) is 14.4 Å². The van der Waals surface area contributed by atoms with E-state index in [9.17, 15) is 19.2 Å². The molecule has 0 aromatic carbocycles. The zero-order valence-electron chi connectivity index (χ0n) is 17.5. The first-order valence-corrected chi connectivity index (χ1v) is 9.61. The number of piperidine rings is 1. The smallest absolute Gasteiger partial charge is 0.410 e. The summed E-state index contributed by atoms with van der Waals surface area (Å²) in [7, 11) is 0. The fourth-order valence-electron chi connectivity index (χ4n) is 3.18. The summed E-state index contributed by atoms with van der Waals surface area (Å²) in [6, 6.07) is 0. The Balaban J connectivity index is 2.11. The number of amides is 1. The van der Waals surface area contributed by atoms with E-state index in [1.54, 1.807) is 32.9 Å². The third-order valence-corrected chi connectivity index (χ3v) is 4.45. The minimum atomic E-state index is -0.748. The molecule has 2 heterocycles. The van der Waals surface area contributed by atoms with Crippen molar-refractivity contribution in [2.24, 2.45) is 5.92 Å². The van der Waals surface area contributed by atoms with Crippen LogP contribution in [0.15, 0.2) is 12.2 Å². The molecule has 2 aliphatic heterocycles. The van der Waals surface area contributed by atoms with Crippen molar-refractivity contribution in [3.8, 4) is 0 Å². The third-order valence-electron chi connectivity index (χ3n) is 4.45. The molecule has 0 spiro atoms. The van der Waals surface area contributed by atoms with E-state index in [0.717, 1.165) is 0 Å². The lowest BCUT2D eigenvalue weighted by Gasteiger charge is -2.39. The van der Waals surface area contributed by atoms with Crippen LogP contribution in [0.1, 0.15) is 41.0 Å². The van der Waals surface area contributed by atoms with Gasteiger partial charge in [0.1, 0.15) is 30.2 Å². The summed E-state index contributed by atoms with van der Waals surface area (Å²) in [6.07, 6.45) is 0.873. The lowest BCUT2D eigenvalue weighted by molar-refractivity contribution is -0.168. The van der Waals surface area contributed by atoms with Gasteiger partial charge in [-0.05, 0) is 26.8 Å². The van der Waals surface area contributed by atoms with Gasteiger partial charge >= 0.3 is 18.0 Å². The summed E-state index contributed by atoms with van der Waals surface area (Å²) in [5, 5.41) is 0. The third kappa shape index (κ3) is 6.85. The van der Waals surface area contributed by atoms with Gasteiger partial charge in [0.25, 0.3) is 0 Å². The topological polar surface area (TPSA) is 108 Å². The highest BCUT2D eigenvalue weighted by Gasteiger charge is 2.40. The van der Waals surface area contributed by atoms with Crippen molar-refractivity contribution in [1.29, 1.82) is 0 Å². The molecule has 2 rings (SSSR count). The first kappa shape index (κ1) is 22.9. The van der Waals surface area contributed by atoms with Gasteiger partial charge in [0.2, 0.25) is 0 Å². The van der Waals surface area contributed by atoms with E-state index in [2.05, 4.69) is 0 Å².